The van der Waals surface area contributed by atoms with Crippen LogP contribution < -0.4 is 18.9 Å². The van der Waals surface area contributed by atoms with Crippen LogP contribution in [0.15, 0.2) is 29.4 Å². The summed E-state index contributed by atoms with van der Waals surface area (Å²) < 4.78 is 22.3. The second kappa shape index (κ2) is 8.52. The van der Waals surface area contributed by atoms with Crippen LogP contribution in [-0.4, -0.2) is 55.9 Å². The van der Waals surface area contributed by atoms with Gasteiger partial charge < -0.3 is 24.1 Å². The lowest BCUT2D eigenvalue weighted by molar-refractivity contribution is 0.111. The standard InChI is InChI=1S/C23H28N2O5/c1-5-30-21-9-14-15-8-13(26)6-7-18(15)25-23(16(14)10-20(21)28-3)17-12-24-22(29-4)11-19(17)27-2/h9-13,15,18,26H,5-8H2,1-4H3. The highest BCUT2D eigenvalue weighted by atomic mass is 16.5. The molecule has 0 amide bonds. The molecule has 0 spiro atoms. The summed E-state index contributed by atoms with van der Waals surface area (Å²) >= 11 is 0. The lowest BCUT2D eigenvalue weighted by Gasteiger charge is -2.37. The first-order chi connectivity index (χ1) is 14.6. The molecule has 2 aliphatic rings. The zero-order chi connectivity index (χ0) is 21.3. The Labute approximate surface area is 176 Å². The molecule has 0 saturated heterocycles. The zero-order valence-corrected chi connectivity index (χ0v) is 17.8. The molecule has 1 N–H and O–H groups in total. The van der Waals surface area contributed by atoms with Gasteiger partial charge in [0.25, 0.3) is 0 Å². The van der Waals surface area contributed by atoms with Crippen LogP contribution in [-0.2, 0) is 0 Å². The van der Waals surface area contributed by atoms with Gasteiger partial charge in [0.2, 0.25) is 5.88 Å². The number of ether oxygens (including phenoxy) is 4. The molecule has 1 aromatic carbocycles. The van der Waals surface area contributed by atoms with E-state index in [9.17, 15) is 5.11 Å². The van der Waals surface area contributed by atoms with Crippen LogP contribution in [0.3, 0.4) is 0 Å². The van der Waals surface area contributed by atoms with E-state index in [1.54, 1.807) is 33.6 Å². The predicted molar refractivity (Wildman–Crippen MR) is 114 cm³/mol. The van der Waals surface area contributed by atoms with Crippen molar-refractivity contribution < 1.29 is 24.1 Å². The number of aromatic nitrogens is 1. The molecular weight excluding hydrogens is 384 g/mol. The molecular formula is C23H28N2O5. The molecule has 3 unspecified atom stereocenters. The highest BCUT2D eigenvalue weighted by Crippen LogP contribution is 2.45. The van der Waals surface area contributed by atoms with Crippen molar-refractivity contribution in [2.45, 2.75) is 44.2 Å². The second-order valence-corrected chi connectivity index (χ2v) is 7.57. The van der Waals surface area contributed by atoms with Crippen LogP contribution in [0.2, 0.25) is 0 Å². The molecule has 1 aromatic heterocycles. The number of aliphatic imine (C=N–C) groups is 1. The number of pyridine rings is 1. The Balaban J connectivity index is 1.91. The highest BCUT2D eigenvalue weighted by molar-refractivity contribution is 6.16. The van der Waals surface area contributed by atoms with Gasteiger partial charge in [-0.2, -0.15) is 0 Å². The van der Waals surface area contributed by atoms with Gasteiger partial charge in [0.05, 0.1) is 51.4 Å². The second-order valence-electron chi connectivity index (χ2n) is 7.57. The van der Waals surface area contributed by atoms with Gasteiger partial charge in [-0.25, -0.2) is 4.98 Å². The van der Waals surface area contributed by atoms with Crippen LogP contribution in [0.4, 0.5) is 0 Å². The fourth-order valence-electron chi connectivity index (χ4n) is 4.46. The molecule has 7 heteroatoms. The minimum Gasteiger partial charge on any atom is -0.496 e. The summed E-state index contributed by atoms with van der Waals surface area (Å²) in [5.74, 6) is 2.62. The number of methoxy groups -OCH3 is 3. The third-order valence-electron chi connectivity index (χ3n) is 5.90. The van der Waals surface area contributed by atoms with Gasteiger partial charge in [-0.1, -0.05) is 0 Å². The molecule has 160 valence electrons. The molecule has 1 aliphatic carbocycles. The molecule has 2 heterocycles. The third kappa shape index (κ3) is 3.58. The van der Waals surface area contributed by atoms with Gasteiger partial charge in [0, 0.05) is 23.7 Å². The summed E-state index contributed by atoms with van der Waals surface area (Å²) in [6.07, 6.45) is 3.69. The average Bonchev–Trinajstić information content (AvgIpc) is 2.78. The van der Waals surface area contributed by atoms with Crippen molar-refractivity contribution in [1.82, 2.24) is 4.98 Å². The smallest absolute Gasteiger partial charge is 0.216 e. The quantitative estimate of drug-likeness (QED) is 0.784. The topological polar surface area (TPSA) is 82.4 Å². The average molecular weight is 412 g/mol. The molecule has 30 heavy (non-hydrogen) atoms. The molecule has 0 bridgehead atoms. The van der Waals surface area contributed by atoms with Gasteiger partial charge in [-0.05, 0) is 43.9 Å². The molecule has 1 fully saturated rings. The molecule has 0 radical (unpaired) electrons. The van der Waals surface area contributed by atoms with E-state index >= 15 is 0 Å². The first kappa shape index (κ1) is 20.5. The molecule has 2 aromatic rings. The van der Waals surface area contributed by atoms with E-state index in [-0.39, 0.29) is 18.1 Å². The summed E-state index contributed by atoms with van der Waals surface area (Å²) in [4.78, 5) is 9.49. The van der Waals surface area contributed by atoms with Gasteiger partial charge >= 0.3 is 0 Å². The number of rotatable bonds is 6. The number of nitrogens with zero attached hydrogens (tertiary/aromatic N) is 2. The van der Waals surface area contributed by atoms with E-state index in [0.29, 0.717) is 36.2 Å². The maximum Gasteiger partial charge on any atom is 0.216 e. The van der Waals surface area contributed by atoms with Crippen LogP contribution in [0, 0.1) is 0 Å². The van der Waals surface area contributed by atoms with Crippen molar-refractivity contribution in [1.29, 1.82) is 0 Å². The number of benzene rings is 1. The van der Waals surface area contributed by atoms with Crippen molar-refractivity contribution in [2.24, 2.45) is 4.99 Å². The van der Waals surface area contributed by atoms with E-state index in [4.69, 9.17) is 23.9 Å². The highest BCUT2D eigenvalue weighted by Gasteiger charge is 2.38. The van der Waals surface area contributed by atoms with E-state index < -0.39 is 0 Å². The zero-order valence-electron chi connectivity index (χ0n) is 17.8. The largest absolute Gasteiger partial charge is 0.496 e. The van der Waals surface area contributed by atoms with Gasteiger partial charge in [0.1, 0.15) is 5.75 Å². The predicted octanol–water partition coefficient (Wildman–Crippen LogP) is 3.35. The third-order valence-corrected chi connectivity index (χ3v) is 5.90. The lowest BCUT2D eigenvalue weighted by atomic mass is 9.74. The lowest BCUT2D eigenvalue weighted by Crippen LogP contribution is -2.34. The summed E-state index contributed by atoms with van der Waals surface area (Å²) in [5, 5.41) is 10.3. The Morgan fingerprint density at radius 3 is 2.47 bits per heavy atom. The number of aliphatic hydroxyl groups excluding tert-OH is 1. The maximum absolute atomic E-state index is 10.3. The van der Waals surface area contributed by atoms with E-state index in [1.807, 2.05) is 19.1 Å². The molecule has 7 nitrogen and oxygen atoms in total. The Kier molecular flexibility index (Phi) is 5.81. The minimum absolute atomic E-state index is 0.0885. The van der Waals surface area contributed by atoms with Crippen molar-refractivity contribution in [2.75, 3.05) is 27.9 Å². The SMILES string of the molecule is CCOc1cc2c(cc1OC)C(c1cnc(OC)cc1OC)=NC1CCC(O)CC21. The summed E-state index contributed by atoms with van der Waals surface area (Å²) in [5.41, 5.74) is 3.69. The number of aliphatic hydroxyl groups is 1. The van der Waals surface area contributed by atoms with Crippen LogP contribution in [0.5, 0.6) is 23.1 Å². The van der Waals surface area contributed by atoms with Crippen LogP contribution in [0.25, 0.3) is 0 Å². The Morgan fingerprint density at radius 1 is 0.967 bits per heavy atom. The number of hydrogen-bond acceptors (Lipinski definition) is 7. The number of hydrogen-bond donors (Lipinski definition) is 1. The van der Waals surface area contributed by atoms with E-state index in [2.05, 4.69) is 4.98 Å². The summed E-state index contributed by atoms with van der Waals surface area (Å²) in [7, 11) is 4.83. The number of fused-ring (bicyclic) bond motifs is 3. The summed E-state index contributed by atoms with van der Waals surface area (Å²) in [6, 6.07) is 5.87. The fraction of sp³-hybridized carbons (Fsp3) is 0.478. The fourth-order valence-corrected chi connectivity index (χ4v) is 4.46. The van der Waals surface area contributed by atoms with Crippen LogP contribution >= 0.6 is 0 Å². The molecule has 1 aliphatic heterocycles. The van der Waals surface area contributed by atoms with Crippen molar-refractivity contribution >= 4 is 5.71 Å². The Hall–Kier alpha value is -2.80. The minimum atomic E-state index is -0.314. The molecule has 3 atom stereocenters. The normalized spacial score (nSPS) is 22.4. The summed E-state index contributed by atoms with van der Waals surface area (Å²) in [6.45, 7) is 2.50. The Morgan fingerprint density at radius 2 is 1.77 bits per heavy atom. The van der Waals surface area contributed by atoms with Crippen molar-refractivity contribution in [3.8, 4) is 23.1 Å². The maximum atomic E-state index is 10.3. The van der Waals surface area contributed by atoms with E-state index in [0.717, 1.165) is 35.2 Å². The van der Waals surface area contributed by atoms with Crippen molar-refractivity contribution in [3.63, 3.8) is 0 Å². The van der Waals surface area contributed by atoms with Gasteiger partial charge in [0.15, 0.2) is 11.5 Å². The van der Waals surface area contributed by atoms with Crippen LogP contribution in [0.1, 0.15) is 48.8 Å². The van der Waals surface area contributed by atoms with Gasteiger partial charge in [-0.3, -0.25) is 4.99 Å². The molecule has 4 rings (SSSR count). The first-order valence-electron chi connectivity index (χ1n) is 10.3. The molecule has 1 saturated carbocycles. The van der Waals surface area contributed by atoms with Crippen molar-refractivity contribution in [3.05, 3.63) is 41.1 Å². The first-order valence-corrected chi connectivity index (χ1v) is 10.3. The van der Waals surface area contributed by atoms with Gasteiger partial charge in [-0.15, -0.1) is 0 Å². The van der Waals surface area contributed by atoms with E-state index in [1.165, 1.54) is 0 Å². The Bertz CT molecular complexity index is 959. The monoisotopic (exact) mass is 412 g/mol.